The number of thioether (sulfide) groups is 1. The van der Waals surface area contributed by atoms with Gasteiger partial charge in [0, 0.05) is 5.56 Å². The number of fused-ring (bicyclic) bond motifs is 1. The van der Waals surface area contributed by atoms with Crippen LogP contribution in [0, 0.1) is 26.2 Å². The maximum atomic E-state index is 12.8. The average Bonchev–Trinajstić information content (AvgIpc) is 3.25. The Morgan fingerprint density at radius 1 is 1.10 bits per heavy atom. The first-order valence-electron chi connectivity index (χ1n) is 13.0. The number of nitrogens with two attached hydrogens (primary N) is 1. The quantitative estimate of drug-likeness (QED) is 0.282. The lowest BCUT2D eigenvalue weighted by Gasteiger charge is -2.37. The average molecular weight is 544 g/mol. The highest BCUT2D eigenvalue weighted by atomic mass is 32.2. The minimum absolute atomic E-state index is 0.0106. The number of hydrogen-bond acceptors (Lipinski definition) is 7. The van der Waals surface area contributed by atoms with Crippen LogP contribution in [0.3, 0.4) is 0 Å². The first kappa shape index (κ1) is 26.8. The summed E-state index contributed by atoms with van der Waals surface area (Å²) < 4.78 is 18.7. The summed E-state index contributed by atoms with van der Waals surface area (Å²) in [6.45, 7) is 8.46. The van der Waals surface area contributed by atoms with E-state index in [4.69, 9.17) is 25.4 Å². The van der Waals surface area contributed by atoms with E-state index in [1.54, 1.807) is 12.1 Å². The summed E-state index contributed by atoms with van der Waals surface area (Å²) in [5.74, 6) is 2.39. The number of carbonyl (C=O) groups excluding carboxylic acids is 1. The van der Waals surface area contributed by atoms with Crippen molar-refractivity contribution in [1.29, 1.82) is 5.41 Å². The van der Waals surface area contributed by atoms with E-state index < -0.39 is 5.60 Å². The van der Waals surface area contributed by atoms with E-state index >= 15 is 0 Å². The van der Waals surface area contributed by atoms with E-state index in [1.807, 2.05) is 63.2 Å². The second-order valence-corrected chi connectivity index (χ2v) is 11.6. The number of rotatable bonds is 7. The number of carbonyl (C=O) groups is 1. The van der Waals surface area contributed by atoms with Crippen LogP contribution in [0.5, 0.6) is 17.2 Å². The van der Waals surface area contributed by atoms with Crippen LogP contribution >= 0.6 is 11.8 Å². The van der Waals surface area contributed by atoms with Gasteiger partial charge in [-0.05, 0) is 93.5 Å². The number of hydrogen-bond donors (Lipinski definition) is 2. The van der Waals surface area contributed by atoms with E-state index in [-0.39, 0.29) is 16.4 Å². The molecule has 7 nitrogen and oxygen atoms in total. The summed E-state index contributed by atoms with van der Waals surface area (Å²) in [6.07, 6.45) is 2.30. The SMILES string of the molecule is Cc1c(C)c2c(c(C)c1OC(=O)c1ccccc1)CCC(C)(COc1ccc(CC3SC(=N)N=C3N)cc1)O2. The third kappa shape index (κ3) is 5.66. The highest BCUT2D eigenvalue weighted by molar-refractivity contribution is 8.15. The molecule has 0 radical (unpaired) electrons. The molecule has 5 rings (SSSR count). The Morgan fingerprint density at radius 3 is 2.49 bits per heavy atom. The van der Waals surface area contributed by atoms with Gasteiger partial charge in [0.2, 0.25) is 0 Å². The van der Waals surface area contributed by atoms with Crippen molar-refractivity contribution in [2.45, 2.75) is 57.8 Å². The second-order valence-electron chi connectivity index (χ2n) is 10.4. The lowest BCUT2D eigenvalue weighted by atomic mass is 9.87. The molecule has 0 saturated carbocycles. The number of nitrogens with one attached hydrogen (secondary N) is 1. The van der Waals surface area contributed by atoms with Gasteiger partial charge >= 0.3 is 5.97 Å². The molecule has 0 saturated heterocycles. The molecule has 3 aromatic carbocycles. The number of amidine groups is 2. The Kier molecular flexibility index (Phi) is 7.40. The monoisotopic (exact) mass is 543 g/mol. The molecule has 2 unspecified atom stereocenters. The van der Waals surface area contributed by atoms with Crippen LogP contribution in [-0.4, -0.2) is 34.4 Å². The number of benzene rings is 3. The van der Waals surface area contributed by atoms with Gasteiger partial charge < -0.3 is 19.9 Å². The van der Waals surface area contributed by atoms with Crippen molar-refractivity contribution in [2.24, 2.45) is 10.7 Å². The Hall–Kier alpha value is -3.78. The molecular formula is C31H33N3O4S. The van der Waals surface area contributed by atoms with E-state index in [9.17, 15) is 4.79 Å². The fourth-order valence-electron chi connectivity index (χ4n) is 4.99. The van der Waals surface area contributed by atoms with Gasteiger partial charge in [0.25, 0.3) is 0 Å². The summed E-state index contributed by atoms with van der Waals surface area (Å²) in [5.41, 5.74) is 11.0. The smallest absolute Gasteiger partial charge is 0.343 e. The molecule has 0 spiro atoms. The molecular weight excluding hydrogens is 510 g/mol. The zero-order chi connectivity index (χ0) is 27.7. The van der Waals surface area contributed by atoms with Crippen LogP contribution in [0.1, 0.15) is 51.5 Å². The number of aliphatic imine (C=N–C) groups is 1. The topological polar surface area (TPSA) is 107 Å². The van der Waals surface area contributed by atoms with Crippen LogP contribution in [0.15, 0.2) is 59.6 Å². The van der Waals surface area contributed by atoms with Crippen molar-refractivity contribution < 1.29 is 19.0 Å². The summed E-state index contributed by atoms with van der Waals surface area (Å²) >= 11 is 1.38. The Labute approximate surface area is 233 Å². The molecule has 8 heteroatoms. The molecule has 2 aliphatic rings. The minimum Gasteiger partial charge on any atom is -0.489 e. The van der Waals surface area contributed by atoms with E-state index in [0.29, 0.717) is 23.8 Å². The van der Waals surface area contributed by atoms with Gasteiger partial charge in [0.05, 0.1) is 10.8 Å². The van der Waals surface area contributed by atoms with E-state index in [2.05, 4.69) is 11.9 Å². The van der Waals surface area contributed by atoms with Crippen molar-refractivity contribution in [2.75, 3.05) is 6.61 Å². The summed E-state index contributed by atoms with van der Waals surface area (Å²) in [4.78, 5) is 16.8. The van der Waals surface area contributed by atoms with Crippen molar-refractivity contribution in [3.63, 3.8) is 0 Å². The fraction of sp³-hybridized carbons (Fsp3) is 0.323. The van der Waals surface area contributed by atoms with Gasteiger partial charge in [-0.3, -0.25) is 5.41 Å². The summed E-state index contributed by atoms with van der Waals surface area (Å²) in [7, 11) is 0. The van der Waals surface area contributed by atoms with Crippen molar-refractivity contribution in [3.8, 4) is 17.2 Å². The maximum Gasteiger partial charge on any atom is 0.343 e. The van der Waals surface area contributed by atoms with Gasteiger partial charge in [-0.15, -0.1) is 0 Å². The van der Waals surface area contributed by atoms with Crippen LogP contribution in [0.4, 0.5) is 0 Å². The molecule has 39 heavy (non-hydrogen) atoms. The molecule has 0 aromatic heterocycles. The van der Waals surface area contributed by atoms with Gasteiger partial charge in [-0.2, -0.15) is 0 Å². The first-order chi connectivity index (χ1) is 18.6. The predicted molar refractivity (Wildman–Crippen MR) is 156 cm³/mol. The van der Waals surface area contributed by atoms with Crippen LogP contribution < -0.4 is 19.9 Å². The fourth-order valence-corrected chi connectivity index (χ4v) is 5.87. The third-order valence-electron chi connectivity index (χ3n) is 7.47. The minimum atomic E-state index is -0.497. The molecule has 2 atom stereocenters. The van der Waals surface area contributed by atoms with Crippen molar-refractivity contribution in [1.82, 2.24) is 0 Å². The van der Waals surface area contributed by atoms with Gasteiger partial charge in [0.15, 0.2) is 5.17 Å². The first-order valence-corrected chi connectivity index (χ1v) is 13.9. The molecule has 0 fully saturated rings. The van der Waals surface area contributed by atoms with E-state index in [1.165, 1.54) is 11.8 Å². The lowest BCUT2D eigenvalue weighted by molar-refractivity contribution is 0.0166. The standard InChI is InChI=1S/C31H33N3O4S/c1-18-19(2)27-24(20(3)26(18)37-29(35)22-8-6-5-7-9-22)14-15-31(4,38-27)17-36-23-12-10-21(11-13-23)16-25-28(32)34-30(33)39-25/h5-13,25H,14-17H2,1-4H3,(H3,32,33,34). The predicted octanol–water partition coefficient (Wildman–Crippen LogP) is 5.94. The maximum absolute atomic E-state index is 12.8. The molecule has 2 aliphatic heterocycles. The number of nitrogens with zero attached hydrogens (tertiary/aromatic N) is 1. The number of ether oxygens (including phenoxy) is 3. The Morgan fingerprint density at radius 2 is 1.82 bits per heavy atom. The molecule has 202 valence electrons. The third-order valence-corrected chi connectivity index (χ3v) is 8.48. The summed E-state index contributed by atoms with van der Waals surface area (Å²) in [5, 5.41) is 7.95. The van der Waals surface area contributed by atoms with Crippen LogP contribution in [-0.2, 0) is 12.8 Å². The lowest BCUT2D eigenvalue weighted by Crippen LogP contribution is -2.42. The van der Waals surface area contributed by atoms with E-state index in [0.717, 1.165) is 58.6 Å². The van der Waals surface area contributed by atoms with Crippen molar-refractivity contribution in [3.05, 3.63) is 88.0 Å². The normalized spacial score (nSPS) is 20.2. The van der Waals surface area contributed by atoms with Gasteiger partial charge in [-0.1, -0.05) is 42.1 Å². The molecule has 0 amide bonds. The van der Waals surface area contributed by atoms with Gasteiger partial charge in [0.1, 0.15) is 35.3 Å². The second kappa shape index (κ2) is 10.8. The highest BCUT2D eigenvalue weighted by Crippen LogP contribution is 2.44. The largest absolute Gasteiger partial charge is 0.489 e. The van der Waals surface area contributed by atoms with Gasteiger partial charge in [-0.25, -0.2) is 9.79 Å². The molecule has 0 aliphatic carbocycles. The zero-order valence-electron chi connectivity index (χ0n) is 22.7. The van der Waals surface area contributed by atoms with Crippen molar-refractivity contribution >= 4 is 28.7 Å². The zero-order valence-corrected chi connectivity index (χ0v) is 23.5. The van der Waals surface area contributed by atoms with Crippen LogP contribution in [0.2, 0.25) is 0 Å². The van der Waals surface area contributed by atoms with Crippen LogP contribution in [0.25, 0.3) is 0 Å². The Balaban J connectivity index is 1.26. The Bertz CT molecular complexity index is 1450. The highest BCUT2D eigenvalue weighted by Gasteiger charge is 2.36. The summed E-state index contributed by atoms with van der Waals surface area (Å²) in [6, 6.07) is 17.0. The molecule has 3 aromatic rings. The molecule has 3 N–H and O–H groups in total. The number of esters is 1. The molecule has 0 bridgehead atoms. The molecule has 2 heterocycles.